The first-order valence-corrected chi connectivity index (χ1v) is 8.96. The van der Waals surface area contributed by atoms with Crippen LogP contribution < -0.4 is 5.32 Å². The summed E-state index contributed by atoms with van der Waals surface area (Å²) in [6.45, 7) is 6.21. The number of nitrogens with zero attached hydrogens (tertiary/aromatic N) is 2. The van der Waals surface area contributed by atoms with Crippen molar-refractivity contribution in [1.29, 1.82) is 0 Å². The van der Waals surface area contributed by atoms with Crippen LogP contribution in [0.2, 0.25) is 10.2 Å². The van der Waals surface area contributed by atoms with Crippen LogP contribution in [-0.2, 0) is 6.54 Å². The summed E-state index contributed by atoms with van der Waals surface area (Å²) in [6.07, 6.45) is 0. The lowest BCUT2D eigenvalue weighted by molar-refractivity contribution is 0.102. The zero-order valence-corrected chi connectivity index (χ0v) is 16.3. The second-order valence-corrected chi connectivity index (χ2v) is 7.10. The third-order valence-corrected chi connectivity index (χ3v) is 4.80. The predicted molar refractivity (Wildman–Crippen MR) is 106 cm³/mol. The molecule has 4 nitrogen and oxygen atoms in total. The lowest BCUT2D eigenvalue weighted by Crippen LogP contribution is -2.14. The van der Waals surface area contributed by atoms with Crippen molar-refractivity contribution in [3.8, 4) is 0 Å². The maximum atomic E-state index is 12.7. The molecular weight excluding hydrogens is 369 g/mol. The van der Waals surface area contributed by atoms with Gasteiger partial charge in [-0.15, -0.1) is 0 Å². The van der Waals surface area contributed by atoms with Gasteiger partial charge < -0.3 is 5.32 Å². The third kappa shape index (κ3) is 3.92. The number of anilines is 1. The Bertz CT molecular complexity index is 962. The van der Waals surface area contributed by atoms with E-state index in [1.807, 2.05) is 38.1 Å². The van der Waals surface area contributed by atoms with Gasteiger partial charge in [0.05, 0.1) is 17.8 Å². The highest BCUT2D eigenvalue weighted by molar-refractivity contribution is 6.33. The van der Waals surface area contributed by atoms with Gasteiger partial charge in [-0.25, -0.2) is 4.68 Å². The number of aromatic nitrogens is 2. The molecule has 3 rings (SSSR count). The summed E-state index contributed by atoms with van der Waals surface area (Å²) >= 11 is 12.4. The fraction of sp³-hybridized carbons (Fsp3) is 0.200. The zero-order valence-electron chi connectivity index (χ0n) is 14.8. The number of aryl methyl sites for hydroxylation is 3. The Morgan fingerprint density at radius 2 is 1.77 bits per heavy atom. The van der Waals surface area contributed by atoms with E-state index in [1.54, 1.807) is 29.8 Å². The van der Waals surface area contributed by atoms with E-state index in [0.717, 1.165) is 11.1 Å². The number of nitrogens with one attached hydrogen (secondary N) is 1. The molecule has 0 spiro atoms. The van der Waals surface area contributed by atoms with Gasteiger partial charge in [0.25, 0.3) is 5.91 Å². The summed E-state index contributed by atoms with van der Waals surface area (Å²) in [6, 6.07) is 13.4. The molecule has 134 valence electrons. The minimum absolute atomic E-state index is 0.284. The summed E-state index contributed by atoms with van der Waals surface area (Å²) in [5.41, 5.74) is 4.81. The van der Waals surface area contributed by atoms with Crippen molar-refractivity contribution in [2.45, 2.75) is 27.3 Å². The minimum atomic E-state index is -0.284. The van der Waals surface area contributed by atoms with Crippen LogP contribution in [0.25, 0.3) is 0 Å². The highest BCUT2D eigenvalue weighted by Gasteiger charge is 2.21. The average molecular weight is 388 g/mol. The van der Waals surface area contributed by atoms with Gasteiger partial charge in [-0.05, 0) is 50.1 Å². The maximum Gasteiger partial charge on any atom is 0.260 e. The summed E-state index contributed by atoms with van der Waals surface area (Å²) in [5.74, 6) is -0.284. The van der Waals surface area contributed by atoms with E-state index in [9.17, 15) is 4.79 Å². The highest BCUT2D eigenvalue weighted by atomic mass is 35.5. The van der Waals surface area contributed by atoms with Crippen molar-refractivity contribution >= 4 is 34.8 Å². The number of amides is 1. The van der Waals surface area contributed by atoms with Gasteiger partial charge in [-0.3, -0.25) is 4.79 Å². The summed E-state index contributed by atoms with van der Waals surface area (Å²) in [4.78, 5) is 12.7. The topological polar surface area (TPSA) is 46.9 Å². The Morgan fingerprint density at radius 3 is 2.42 bits per heavy atom. The van der Waals surface area contributed by atoms with E-state index in [1.165, 1.54) is 5.56 Å². The lowest BCUT2D eigenvalue weighted by atomic mass is 10.1. The minimum Gasteiger partial charge on any atom is -0.322 e. The monoisotopic (exact) mass is 387 g/mol. The fourth-order valence-electron chi connectivity index (χ4n) is 2.73. The van der Waals surface area contributed by atoms with Crippen molar-refractivity contribution in [1.82, 2.24) is 9.78 Å². The van der Waals surface area contributed by atoms with Crippen LogP contribution in [0, 0.1) is 20.8 Å². The number of halogens is 2. The van der Waals surface area contributed by atoms with Crippen molar-refractivity contribution in [2.24, 2.45) is 0 Å². The number of benzene rings is 2. The molecule has 0 bridgehead atoms. The second-order valence-electron chi connectivity index (χ2n) is 6.31. The van der Waals surface area contributed by atoms with Gasteiger partial charge in [0.2, 0.25) is 0 Å². The normalized spacial score (nSPS) is 10.8. The van der Waals surface area contributed by atoms with Crippen molar-refractivity contribution in [3.05, 3.63) is 80.6 Å². The van der Waals surface area contributed by atoms with Crippen molar-refractivity contribution < 1.29 is 4.79 Å². The van der Waals surface area contributed by atoms with Gasteiger partial charge in [0, 0.05) is 10.7 Å². The quantitative estimate of drug-likeness (QED) is 0.649. The van der Waals surface area contributed by atoms with Crippen LogP contribution in [-0.4, -0.2) is 15.7 Å². The van der Waals surface area contributed by atoms with Crippen LogP contribution in [0.1, 0.15) is 32.7 Å². The highest BCUT2D eigenvalue weighted by Crippen LogP contribution is 2.24. The Labute approximate surface area is 162 Å². The summed E-state index contributed by atoms with van der Waals surface area (Å²) < 4.78 is 1.64. The first-order chi connectivity index (χ1) is 12.3. The number of carbonyl (C=O) groups excluding carboxylic acids is 1. The van der Waals surface area contributed by atoms with Crippen LogP contribution in [0.3, 0.4) is 0 Å². The molecule has 0 saturated heterocycles. The smallest absolute Gasteiger partial charge is 0.260 e. The number of hydrogen-bond donors (Lipinski definition) is 1. The Balaban J connectivity index is 1.84. The number of hydrogen-bond acceptors (Lipinski definition) is 2. The number of carbonyl (C=O) groups is 1. The van der Waals surface area contributed by atoms with Gasteiger partial charge >= 0.3 is 0 Å². The summed E-state index contributed by atoms with van der Waals surface area (Å²) in [7, 11) is 0. The van der Waals surface area contributed by atoms with Gasteiger partial charge in [0.15, 0.2) is 0 Å². The lowest BCUT2D eigenvalue weighted by Gasteiger charge is -2.09. The van der Waals surface area contributed by atoms with Crippen LogP contribution >= 0.6 is 23.2 Å². The first-order valence-electron chi connectivity index (χ1n) is 8.21. The average Bonchev–Trinajstić information content (AvgIpc) is 2.86. The van der Waals surface area contributed by atoms with E-state index >= 15 is 0 Å². The molecule has 1 N–H and O–H groups in total. The van der Waals surface area contributed by atoms with Crippen LogP contribution in [0.5, 0.6) is 0 Å². The largest absolute Gasteiger partial charge is 0.322 e. The van der Waals surface area contributed by atoms with E-state index in [2.05, 4.69) is 10.4 Å². The van der Waals surface area contributed by atoms with E-state index < -0.39 is 0 Å². The van der Waals surface area contributed by atoms with Gasteiger partial charge in [-0.2, -0.15) is 5.10 Å². The van der Waals surface area contributed by atoms with Crippen LogP contribution in [0.15, 0.2) is 42.5 Å². The zero-order chi connectivity index (χ0) is 18.8. The number of rotatable bonds is 4. The summed E-state index contributed by atoms with van der Waals surface area (Å²) in [5, 5.41) is 8.27. The molecule has 0 radical (unpaired) electrons. The molecule has 2 aromatic carbocycles. The van der Waals surface area contributed by atoms with Crippen LogP contribution in [0.4, 0.5) is 5.69 Å². The Morgan fingerprint density at radius 1 is 1.08 bits per heavy atom. The van der Waals surface area contributed by atoms with E-state index in [4.69, 9.17) is 23.2 Å². The maximum absolute atomic E-state index is 12.7. The van der Waals surface area contributed by atoms with Gasteiger partial charge in [-0.1, -0.05) is 53.0 Å². The molecule has 0 fully saturated rings. The SMILES string of the molecule is Cc1ccc(Cn2nc(C)c(C(=O)Nc3ccc(Cl)cc3C)c2Cl)cc1. The first kappa shape index (κ1) is 18.5. The standard InChI is InChI=1S/C20H19Cl2N3O/c1-12-4-6-15(7-5-12)11-25-19(22)18(14(3)24-25)20(26)23-17-9-8-16(21)10-13(17)2/h4-10H,11H2,1-3H3,(H,23,26). The van der Waals surface area contributed by atoms with E-state index in [0.29, 0.717) is 33.7 Å². The Kier molecular flexibility index (Phi) is 5.35. The third-order valence-electron chi connectivity index (χ3n) is 4.18. The molecule has 1 aromatic heterocycles. The molecule has 1 heterocycles. The fourth-order valence-corrected chi connectivity index (χ4v) is 3.28. The molecule has 6 heteroatoms. The van der Waals surface area contributed by atoms with Crippen molar-refractivity contribution in [3.63, 3.8) is 0 Å². The molecule has 1 amide bonds. The van der Waals surface area contributed by atoms with Gasteiger partial charge in [0.1, 0.15) is 5.15 Å². The molecular formula is C20H19Cl2N3O. The molecule has 26 heavy (non-hydrogen) atoms. The molecule has 0 unspecified atom stereocenters. The van der Waals surface area contributed by atoms with Crippen molar-refractivity contribution in [2.75, 3.05) is 5.32 Å². The Hall–Kier alpha value is -2.30. The van der Waals surface area contributed by atoms with E-state index in [-0.39, 0.29) is 5.91 Å². The molecule has 0 atom stereocenters. The molecule has 0 saturated carbocycles. The predicted octanol–water partition coefficient (Wildman–Crippen LogP) is 5.42. The molecule has 0 aliphatic carbocycles. The molecule has 0 aliphatic rings. The molecule has 3 aromatic rings. The second kappa shape index (κ2) is 7.52. The molecule has 0 aliphatic heterocycles.